The van der Waals surface area contributed by atoms with Crippen molar-refractivity contribution < 1.29 is 15.0 Å². The third-order valence-electron chi connectivity index (χ3n) is 11.5. The molecular weight excluding hydrogens is 711 g/mol. The number of allylic oxidation sites excluding steroid dienone is 9. The minimum Gasteiger partial charge on any atom is -0.394 e. The van der Waals surface area contributed by atoms with Gasteiger partial charge in [-0.2, -0.15) is 0 Å². The summed E-state index contributed by atoms with van der Waals surface area (Å²) in [5.41, 5.74) is 0. The lowest BCUT2D eigenvalue weighted by Crippen LogP contribution is -2.45. The molecule has 0 heterocycles. The van der Waals surface area contributed by atoms with E-state index in [2.05, 4.69) is 67.8 Å². The first-order chi connectivity index (χ1) is 28.7. The van der Waals surface area contributed by atoms with Crippen LogP contribution in [0.4, 0.5) is 0 Å². The first-order valence-electron chi connectivity index (χ1n) is 25.5. The highest BCUT2D eigenvalue weighted by molar-refractivity contribution is 5.76. The van der Waals surface area contributed by atoms with E-state index in [1.165, 1.54) is 193 Å². The molecule has 3 N–H and O–H groups in total. The van der Waals surface area contributed by atoms with E-state index >= 15 is 0 Å². The van der Waals surface area contributed by atoms with Crippen LogP contribution < -0.4 is 5.32 Å². The molecule has 0 fully saturated rings. The molecule has 338 valence electrons. The standard InChI is InChI=1S/C54H99NO3/c1-3-5-7-9-11-13-15-17-19-20-21-22-23-24-25-26-27-28-29-30-31-32-33-34-36-38-40-42-44-46-48-50-54(58)55-52(51-56)53(57)49-47-45-43-41-39-37-35-18-16-14-12-10-8-6-4-2/h15-18,20-21,39,41,47,49,52-53,56-57H,3-14,19,22-38,40,42-46,48,50-51H2,1-2H3,(H,55,58)/b17-15-,18-16+,21-20-,41-39+,49-47+. The van der Waals surface area contributed by atoms with Gasteiger partial charge < -0.3 is 15.5 Å². The van der Waals surface area contributed by atoms with E-state index in [9.17, 15) is 15.0 Å². The number of hydrogen-bond acceptors (Lipinski definition) is 3. The summed E-state index contributed by atoms with van der Waals surface area (Å²) >= 11 is 0. The molecule has 2 atom stereocenters. The molecule has 0 aromatic heterocycles. The predicted octanol–water partition coefficient (Wildman–Crippen LogP) is 16.5. The first kappa shape index (κ1) is 56.1. The Hall–Kier alpha value is -1.91. The molecule has 0 spiro atoms. The molecule has 0 bridgehead atoms. The van der Waals surface area contributed by atoms with Gasteiger partial charge in [0.15, 0.2) is 0 Å². The maximum atomic E-state index is 12.4. The van der Waals surface area contributed by atoms with E-state index in [4.69, 9.17) is 0 Å². The van der Waals surface area contributed by atoms with Crippen LogP contribution >= 0.6 is 0 Å². The molecular formula is C54H99NO3. The van der Waals surface area contributed by atoms with Crippen LogP contribution in [0.25, 0.3) is 0 Å². The largest absolute Gasteiger partial charge is 0.394 e. The highest BCUT2D eigenvalue weighted by Gasteiger charge is 2.17. The quantitative estimate of drug-likeness (QED) is 0.0424. The molecule has 0 aliphatic carbocycles. The van der Waals surface area contributed by atoms with E-state index in [0.717, 1.165) is 44.9 Å². The monoisotopic (exact) mass is 810 g/mol. The SMILES string of the molecule is CCCCCCC/C=C\C/C=C\CCCCCCCCCCCCCCCCCCCCCC(=O)NC(CO)C(O)/C=C/CC/C=C/CC/C=C/CCCCCCC. The Kier molecular flexibility index (Phi) is 47.8. The van der Waals surface area contributed by atoms with Gasteiger partial charge in [0.25, 0.3) is 0 Å². The molecule has 0 saturated carbocycles. The van der Waals surface area contributed by atoms with Crippen LogP contribution in [0.5, 0.6) is 0 Å². The fraction of sp³-hybridized carbons (Fsp3) is 0.796. The summed E-state index contributed by atoms with van der Waals surface area (Å²) in [5, 5.41) is 23.0. The molecule has 0 aromatic carbocycles. The number of aliphatic hydroxyl groups excluding tert-OH is 2. The molecule has 0 aliphatic rings. The molecule has 2 unspecified atom stereocenters. The summed E-state index contributed by atoms with van der Waals surface area (Å²) in [5.74, 6) is -0.0770. The second-order valence-corrected chi connectivity index (χ2v) is 17.2. The minimum atomic E-state index is -0.870. The Morgan fingerprint density at radius 2 is 0.724 bits per heavy atom. The Morgan fingerprint density at radius 3 is 1.10 bits per heavy atom. The van der Waals surface area contributed by atoms with Crippen LogP contribution in [0.3, 0.4) is 0 Å². The van der Waals surface area contributed by atoms with E-state index in [1.54, 1.807) is 6.08 Å². The van der Waals surface area contributed by atoms with Crippen molar-refractivity contribution in [3.63, 3.8) is 0 Å². The zero-order chi connectivity index (χ0) is 42.1. The van der Waals surface area contributed by atoms with Crippen molar-refractivity contribution in [3.8, 4) is 0 Å². The second kappa shape index (κ2) is 49.5. The van der Waals surface area contributed by atoms with Crippen LogP contribution in [-0.4, -0.2) is 34.9 Å². The van der Waals surface area contributed by atoms with Gasteiger partial charge in [-0.15, -0.1) is 0 Å². The maximum absolute atomic E-state index is 12.4. The Balaban J connectivity index is 3.50. The van der Waals surface area contributed by atoms with Gasteiger partial charge in [-0.05, 0) is 77.0 Å². The number of amides is 1. The van der Waals surface area contributed by atoms with Gasteiger partial charge in [0, 0.05) is 6.42 Å². The van der Waals surface area contributed by atoms with E-state index in [1.807, 2.05) is 6.08 Å². The van der Waals surface area contributed by atoms with E-state index in [0.29, 0.717) is 6.42 Å². The smallest absolute Gasteiger partial charge is 0.220 e. The summed E-state index contributed by atoms with van der Waals surface area (Å²) in [7, 11) is 0. The van der Waals surface area contributed by atoms with Crippen LogP contribution in [0.2, 0.25) is 0 Å². The van der Waals surface area contributed by atoms with Gasteiger partial charge >= 0.3 is 0 Å². The van der Waals surface area contributed by atoms with Crippen LogP contribution in [0.1, 0.15) is 258 Å². The number of unbranched alkanes of at least 4 members (excludes halogenated alkanes) is 31. The average molecular weight is 810 g/mol. The number of aliphatic hydroxyl groups is 2. The summed E-state index contributed by atoms with van der Waals surface area (Å²) in [4.78, 5) is 12.4. The number of nitrogens with one attached hydrogen (secondary N) is 1. The van der Waals surface area contributed by atoms with Crippen molar-refractivity contribution in [1.82, 2.24) is 5.32 Å². The van der Waals surface area contributed by atoms with Gasteiger partial charge in [0.2, 0.25) is 5.91 Å². The third-order valence-corrected chi connectivity index (χ3v) is 11.5. The third kappa shape index (κ3) is 45.2. The van der Waals surface area contributed by atoms with E-state index in [-0.39, 0.29) is 12.5 Å². The molecule has 58 heavy (non-hydrogen) atoms. The van der Waals surface area contributed by atoms with Crippen molar-refractivity contribution in [2.24, 2.45) is 0 Å². The number of carbonyl (C=O) groups is 1. The van der Waals surface area contributed by atoms with Crippen molar-refractivity contribution in [2.75, 3.05) is 6.61 Å². The lowest BCUT2D eigenvalue weighted by Gasteiger charge is -2.19. The summed E-state index contributed by atoms with van der Waals surface area (Å²) in [6, 6.07) is -0.645. The number of hydrogen-bond donors (Lipinski definition) is 3. The van der Waals surface area contributed by atoms with Crippen molar-refractivity contribution in [2.45, 2.75) is 270 Å². The lowest BCUT2D eigenvalue weighted by molar-refractivity contribution is -0.123. The minimum absolute atomic E-state index is 0.0770. The Labute approximate surface area is 362 Å². The summed E-state index contributed by atoms with van der Waals surface area (Å²) < 4.78 is 0. The van der Waals surface area contributed by atoms with Crippen molar-refractivity contribution in [3.05, 3.63) is 60.8 Å². The zero-order valence-electron chi connectivity index (χ0n) is 38.8. The molecule has 0 rings (SSSR count). The normalized spacial score (nSPS) is 13.4. The highest BCUT2D eigenvalue weighted by Crippen LogP contribution is 2.16. The first-order valence-corrected chi connectivity index (χ1v) is 25.5. The molecule has 0 aliphatic heterocycles. The van der Waals surface area contributed by atoms with Crippen LogP contribution in [-0.2, 0) is 4.79 Å². The Bertz CT molecular complexity index is 965. The molecule has 0 saturated heterocycles. The number of rotatable bonds is 46. The zero-order valence-corrected chi connectivity index (χ0v) is 38.8. The lowest BCUT2D eigenvalue weighted by atomic mass is 10.0. The highest BCUT2D eigenvalue weighted by atomic mass is 16.3. The summed E-state index contributed by atoms with van der Waals surface area (Å²) in [6.07, 6.45) is 69.3. The molecule has 1 amide bonds. The van der Waals surface area contributed by atoms with Gasteiger partial charge in [-0.25, -0.2) is 0 Å². The average Bonchev–Trinajstić information content (AvgIpc) is 3.23. The van der Waals surface area contributed by atoms with E-state index < -0.39 is 12.1 Å². The van der Waals surface area contributed by atoms with Crippen molar-refractivity contribution >= 4 is 5.91 Å². The van der Waals surface area contributed by atoms with Gasteiger partial charge in [-0.3, -0.25) is 4.79 Å². The maximum Gasteiger partial charge on any atom is 0.220 e. The summed E-state index contributed by atoms with van der Waals surface area (Å²) in [6.45, 7) is 4.27. The predicted molar refractivity (Wildman–Crippen MR) is 258 cm³/mol. The second-order valence-electron chi connectivity index (χ2n) is 17.2. The van der Waals surface area contributed by atoms with Gasteiger partial charge in [0.05, 0.1) is 18.8 Å². The molecule has 0 aromatic rings. The van der Waals surface area contributed by atoms with Crippen LogP contribution in [0.15, 0.2) is 60.8 Å². The number of carbonyl (C=O) groups excluding carboxylic acids is 1. The van der Waals surface area contributed by atoms with Gasteiger partial charge in [0.1, 0.15) is 0 Å². The van der Waals surface area contributed by atoms with Crippen molar-refractivity contribution in [1.29, 1.82) is 0 Å². The Morgan fingerprint density at radius 1 is 0.414 bits per heavy atom. The fourth-order valence-electron chi connectivity index (χ4n) is 7.54. The van der Waals surface area contributed by atoms with Gasteiger partial charge in [-0.1, -0.05) is 235 Å². The molecule has 4 heteroatoms. The van der Waals surface area contributed by atoms with Crippen LogP contribution in [0, 0.1) is 0 Å². The topological polar surface area (TPSA) is 69.6 Å². The molecule has 0 radical (unpaired) electrons. The fourth-order valence-corrected chi connectivity index (χ4v) is 7.54. The molecule has 4 nitrogen and oxygen atoms in total.